The fraction of sp³-hybridized carbons (Fsp3) is 0.286. The normalized spacial score (nSPS) is 13.6. The monoisotopic (exact) mass is 242 g/mol. The van der Waals surface area contributed by atoms with Gasteiger partial charge in [0.15, 0.2) is 0 Å². The smallest absolute Gasteiger partial charge is 0.314 e. The van der Waals surface area contributed by atoms with Crippen molar-refractivity contribution in [3.63, 3.8) is 0 Å². The number of nitrogens with one attached hydrogen (secondary N) is 1. The summed E-state index contributed by atoms with van der Waals surface area (Å²) in [7, 11) is 0. The van der Waals surface area contributed by atoms with Crippen LogP contribution in [0.5, 0.6) is 0 Å². The third-order valence-electron chi connectivity index (χ3n) is 3.45. The maximum atomic E-state index is 11.6. The summed E-state index contributed by atoms with van der Waals surface area (Å²) in [5.74, 6) is 0. The Kier molecular flexibility index (Phi) is 2.63. The Morgan fingerprint density at radius 2 is 1.94 bits per heavy atom. The van der Waals surface area contributed by atoms with E-state index in [1.807, 2.05) is 6.07 Å². The molecule has 0 amide bonds. The minimum Gasteiger partial charge on any atom is -0.314 e. The average molecular weight is 242 g/mol. The maximum absolute atomic E-state index is 11.6. The molecule has 0 atom stereocenters. The molecule has 0 saturated heterocycles. The van der Waals surface area contributed by atoms with Crippen LogP contribution in [-0.2, 0) is 19.4 Å². The van der Waals surface area contributed by atoms with Gasteiger partial charge in [-0.3, -0.25) is 9.36 Å². The van der Waals surface area contributed by atoms with Crippen molar-refractivity contribution < 1.29 is 0 Å². The Hall–Kier alpha value is -2.10. The van der Waals surface area contributed by atoms with Gasteiger partial charge in [0, 0.05) is 12.3 Å². The first kappa shape index (κ1) is 11.0. The summed E-state index contributed by atoms with van der Waals surface area (Å²) >= 11 is 0. The van der Waals surface area contributed by atoms with Gasteiger partial charge < -0.3 is 4.98 Å². The predicted octanol–water partition coefficient (Wildman–Crippen LogP) is 1.07. The van der Waals surface area contributed by atoms with Gasteiger partial charge in [-0.05, 0) is 36.0 Å². The summed E-state index contributed by atoms with van der Waals surface area (Å²) < 4.78 is 1.22. The number of benzene rings is 1. The number of nitrogens with zero attached hydrogens (tertiary/aromatic N) is 1. The van der Waals surface area contributed by atoms with Gasteiger partial charge in [-0.15, -0.1) is 0 Å². The molecule has 1 heterocycles. The summed E-state index contributed by atoms with van der Waals surface area (Å²) in [4.78, 5) is 25.7. The van der Waals surface area contributed by atoms with Crippen LogP contribution in [0.3, 0.4) is 0 Å². The number of H-pyrrole nitrogens is 1. The minimum atomic E-state index is -0.358. The SMILES string of the molecule is O=c1cc[nH]c(=O)n1Cc1ccc2c(c1)CCC2. The second kappa shape index (κ2) is 4.29. The maximum Gasteiger partial charge on any atom is 0.328 e. The number of aromatic amines is 1. The molecule has 1 N–H and O–H groups in total. The Morgan fingerprint density at radius 3 is 2.78 bits per heavy atom. The van der Waals surface area contributed by atoms with Crippen molar-refractivity contribution in [1.82, 2.24) is 9.55 Å². The van der Waals surface area contributed by atoms with E-state index in [1.165, 1.54) is 34.4 Å². The van der Waals surface area contributed by atoms with E-state index < -0.39 is 0 Å². The lowest BCUT2D eigenvalue weighted by Gasteiger charge is -2.06. The van der Waals surface area contributed by atoms with Crippen molar-refractivity contribution >= 4 is 0 Å². The number of aryl methyl sites for hydroxylation is 2. The molecule has 92 valence electrons. The summed E-state index contributed by atoms with van der Waals surface area (Å²) in [6, 6.07) is 7.60. The Balaban J connectivity index is 1.98. The molecule has 0 radical (unpaired) electrons. The van der Waals surface area contributed by atoms with Crippen molar-refractivity contribution in [2.24, 2.45) is 0 Å². The average Bonchev–Trinajstić information content (AvgIpc) is 2.81. The van der Waals surface area contributed by atoms with Crippen LogP contribution < -0.4 is 11.2 Å². The Bertz CT molecular complexity index is 669. The van der Waals surface area contributed by atoms with E-state index in [4.69, 9.17) is 0 Å². The van der Waals surface area contributed by atoms with Crippen LogP contribution in [0.15, 0.2) is 40.1 Å². The van der Waals surface area contributed by atoms with Gasteiger partial charge in [0.05, 0.1) is 6.54 Å². The third-order valence-corrected chi connectivity index (χ3v) is 3.45. The van der Waals surface area contributed by atoms with E-state index >= 15 is 0 Å². The van der Waals surface area contributed by atoms with Gasteiger partial charge in [-0.25, -0.2) is 4.79 Å². The lowest BCUT2D eigenvalue weighted by molar-refractivity contribution is 0.698. The highest BCUT2D eigenvalue weighted by Gasteiger charge is 2.11. The van der Waals surface area contributed by atoms with Crippen LogP contribution in [0.2, 0.25) is 0 Å². The number of fused-ring (bicyclic) bond motifs is 1. The molecule has 0 bridgehead atoms. The van der Waals surface area contributed by atoms with E-state index in [0.29, 0.717) is 6.54 Å². The van der Waals surface area contributed by atoms with Crippen molar-refractivity contribution in [2.75, 3.05) is 0 Å². The number of rotatable bonds is 2. The first-order valence-corrected chi connectivity index (χ1v) is 6.13. The molecule has 18 heavy (non-hydrogen) atoms. The van der Waals surface area contributed by atoms with Crippen LogP contribution in [0, 0.1) is 0 Å². The number of hydrogen-bond donors (Lipinski definition) is 1. The van der Waals surface area contributed by atoms with Gasteiger partial charge in [-0.2, -0.15) is 0 Å². The molecule has 2 aromatic rings. The molecule has 0 fully saturated rings. The molecule has 1 aromatic heterocycles. The molecule has 0 saturated carbocycles. The molecule has 4 nitrogen and oxygen atoms in total. The van der Waals surface area contributed by atoms with E-state index in [1.54, 1.807) is 0 Å². The second-order valence-corrected chi connectivity index (χ2v) is 4.66. The summed E-state index contributed by atoms with van der Waals surface area (Å²) in [5.41, 5.74) is 3.14. The van der Waals surface area contributed by atoms with Crippen molar-refractivity contribution in [3.05, 3.63) is 68.0 Å². The Morgan fingerprint density at radius 1 is 1.11 bits per heavy atom. The summed E-state index contributed by atoms with van der Waals surface area (Å²) in [5, 5.41) is 0. The zero-order valence-corrected chi connectivity index (χ0v) is 9.98. The summed E-state index contributed by atoms with van der Waals surface area (Å²) in [6.45, 7) is 0.336. The highest BCUT2D eigenvalue weighted by atomic mass is 16.2. The van der Waals surface area contributed by atoms with Gasteiger partial charge in [0.25, 0.3) is 5.56 Å². The van der Waals surface area contributed by atoms with Gasteiger partial charge in [0.2, 0.25) is 0 Å². The minimum absolute atomic E-state index is 0.265. The molecule has 1 aromatic carbocycles. The first-order valence-electron chi connectivity index (χ1n) is 6.13. The topological polar surface area (TPSA) is 54.9 Å². The van der Waals surface area contributed by atoms with Crippen LogP contribution in [0.1, 0.15) is 23.1 Å². The van der Waals surface area contributed by atoms with Crippen LogP contribution in [0.4, 0.5) is 0 Å². The van der Waals surface area contributed by atoms with Gasteiger partial charge in [0.1, 0.15) is 0 Å². The molecule has 0 spiro atoms. The molecular formula is C14H14N2O2. The molecular weight excluding hydrogens is 228 g/mol. The van der Waals surface area contributed by atoms with Crippen molar-refractivity contribution in [2.45, 2.75) is 25.8 Å². The highest BCUT2D eigenvalue weighted by molar-refractivity contribution is 5.35. The number of hydrogen-bond acceptors (Lipinski definition) is 2. The summed E-state index contributed by atoms with van der Waals surface area (Å²) in [6.07, 6.45) is 4.82. The van der Waals surface area contributed by atoms with Crippen LogP contribution in [-0.4, -0.2) is 9.55 Å². The predicted molar refractivity (Wildman–Crippen MR) is 68.9 cm³/mol. The molecule has 3 rings (SSSR count). The lowest BCUT2D eigenvalue weighted by Crippen LogP contribution is -2.34. The van der Waals surface area contributed by atoms with Gasteiger partial charge in [-0.1, -0.05) is 18.2 Å². The molecule has 0 unspecified atom stereocenters. The van der Waals surface area contributed by atoms with Crippen LogP contribution in [0.25, 0.3) is 0 Å². The zero-order chi connectivity index (χ0) is 12.5. The first-order chi connectivity index (χ1) is 8.74. The Labute approximate surface area is 104 Å². The molecule has 0 aliphatic heterocycles. The molecule has 4 heteroatoms. The molecule has 1 aliphatic carbocycles. The largest absolute Gasteiger partial charge is 0.328 e. The third kappa shape index (κ3) is 1.90. The lowest BCUT2D eigenvalue weighted by atomic mass is 10.1. The molecule has 1 aliphatic rings. The van der Waals surface area contributed by atoms with E-state index in [2.05, 4.69) is 17.1 Å². The fourth-order valence-electron chi connectivity index (χ4n) is 2.51. The van der Waals surface area contributed by atoms with E-state index in [-0.39, 0.29) is 11.2 Å². The van der Waals surface area contributed by atoms with Gasteiger partial charge >= 0.3 is 5.69 Å². The number of aromatic nitrogens is 2. The van der Waals surface area contributed by atoms with Crippen LogP contribution >= 0.6 is 0 Å². The van der Waals surface area contributed by atoms with Crippen molar-refractivity contribution in [1.29, 1.82) is 0 Å². The van der Waals surface area contributed by atoms with E-state index in [9.17, 15) is 9.59 Å². The zero-order valence-electron chi connectivity index (χ0n) is 9.98. The quantitative estimate of drug-likeness (QED) is 0.856. The van der Waals surface area contributed by atoms with Crippen molar-refractivity contribution in [3.8, 4) is 0 Å². The second-order valence-electron chi connectivity index (χ2n) is 4.66. The van der Waals surface area contributed by atoms with E-state index in [0.717, 1.165) is 18.4 Å². The highest BCUT2D eigenvalue weighted by Crippen LogP contribution is 2.22. The fourth-order valence-corrected chi connectivity index (χ4v) is 2.51. The standard InChI is InChI=1S/C14H14N2O2/c17-13-6-7-15-14(18)16(13)9-10-4-5-11-2-1-3-12(11)8-10/h4-8H,1-3,9H2,(H,15,18).